The normalized spacial score (nSPS) is 29.2. The van der Waals surface area contributed by atoms with Crippen LogP contribution >= 0.6 is 0 Å². The fourth-order valence-electron chi connectivity index (χ4n) is 3.37. The summed E-state index contributed by atoms with van der Waals surface area (Å²) in [7, 11) is 0. The number of carbonyl (C=O) groups excluding carboxylic acids is 6. The molecule has 2 heterocycles. The first-order valence-electron chi connectivity index (χ1n) is 11.2. The van der Waals surface area contributed by atoms with E-state index in [9.17, 15) is 28.8 Å². The van der Waals surface area contributed by atoms with Gasteiger partial charge in [0.05, 0.1) is 6.04 Å². The Morgan fingerprint density at radius 2 is 1.57 bits per heavy atom. The third-order valence-corrected chi connectivity index (χ3v) is 5.38. The molecule has 15 N–H and O–H groups in total. The van der Waals surface area contributed by atoms with Crippen LogP contribution in [0.3, 0.4) is 0 Å². The molecular weight excluding hydrogens is 492 g/mol. The van der Waals surface area contributed by atoms with E-state index in [0.717, 1.165) is 6.20 Å². The average Bonchev–Trinajstić information content (AvgIpc) is 2.85. The summed E-state index contributed by atoms with van der Waals surface area (Å²) in [6, 6.07) is -6.95. The molecule has 0 aromatic rings. The number of nitrogens with one attached hydrogen (secondary N) is 7. The third kappa shape index (κ3) is 8.04. The van der Waals surface area contributed by atoms with Crippen LogP contribution in [-0.2, 0) is 24.0 Å². The van der Waals surface area contributed by atoms with E-state index in [1.165, 1.54) is 6.92 Å². The van der Waals surface area contributed by atoms with Crippen molar-refractivity contribution < 1.29 is 28.8 Å². The van der Waals surface area contributed by atoms with Crippen molar-refractivity contribution in [2.75, 3.05) is 19.6 Å². The van der Waals surface area contributed by atoms with Crippen molar-refractivity contribution in [3.05, 3.63) is 11.9 Å². The Bertz CT molecular complexity index is 998. The van der Waals surface area contributed by atoms with Gasteiger partial charge in [-0.1, -0.05) is 0 Å². The van der Waals surface area contributed by atoms with E-state index in [4.69, 9.17) is 22.9 Å². The minimum Gasteiger partial charge on any atom is -0.370 e. The smallest absolute Gasteiger partial charge is 0.316 e. The fourth-order valence-corrected chi connectivity index (χ4v) is 3.37. The van der Waals surface area contributed by atoms with Crippen LogP contribution in [0.15, 0.2) is 16.9 Å². The standard InChI is InChI=1S/C19H32N12O6/c1-7-13(32)27-10(5-21)15(34)29-11(6-25-19(23)37)16(35)31-12(8-2-3-24-18(22)30-8)17(36)28-9(4-20)14(33)26-7/h6-10,12H,2-5,20-21H2,1H3,(H,26,33)(H,27,32)(H,28,36)(H,29,34)(H,31,35)(H3,22,24,30)(H3,23,25,37)/b11-6-/t7-,8?,9-,10-,12-/m0/s1. The summed E-state index contributed by atoms with van der Waals surface area (Å²) in [6.07, 6.45) is 1.06. The minimum absolute atomic E-state index is 0.0194. The number of amides is 7. The Hall–Kier alpha value is -4.45. The van der Waals surface area contributed by atoms with Gasteiger partial charge in [0, 0.05) is 25.8 Å². The molecule has 0 saturated carbocycles. The van der Waals surface area contributed by atoms with Gasteiger partial charge in [0.2, 0.25) is 23.6 Å². The number of hydrogen-bond acceptors (Lipinski definition) is 11. The molecule has 18 heteroatoms. The van der Waals surface area contributed by atoms with Gasteiger partial charge in [0.15, 0.2) is 5.96 Å². The van der Waals surface area contributed by atoms with Gasteiger partial charge in [0.25, 0.3) is 5.91 Å². The highest BCUT2D eigenvalue weighted by atomic mass is 16.2. The van der Waals surface area contributed by atoms with Crippen molar-refractivity contribution in [1.82, 2.24) is 37.2 Å². The summed E-state index contributed by atoms with van der Waals surface area (Å²) in [5.74, 6) is -4.32. The summed E-state index contributed by atoms with van der Waals surface area (Å²) in [5.41, 5.74) is 21.5. The van der Waals surface area contributed by atoms with Crippen LogP contribution in [0.1, 0.15) is 13.3 Å². The lowest BCUT2D eigenvalue weighted by molar-refractivity contribution is -0.133. The molecule has 37 heavy (non-hydrogen) atoms. The van der Waals surface area contributed by atoms with Crippen molar-refractivity contribution in [2.24, 2.45) is 27.9 Å². The Morgan fingerprint density at radius 1 is 0.946 bits per heavy atom. The lowest BCUT2D eigenvalue weighted by Gasteiger charge is -2.31. The molecule has 204 valence electrons. The monoisotopic (exact) mass is 524 g/mol. The predicted molar refractivity (Wildman–Crippen MR) is 128 cm³/mol. The largest absolute Gasteiger partial charge is 0.370 e. The zero-order chi connectivity index (χ0) is 27.7. The molecule has 18 nitrogen and oxygen atoms in total. The second kappa shape index (κ2) is 13.0. The van der Waals surface area contributed by atoms with E-state index < -0.39 is 71.5 Å². The second-order valence-corrected chi connectivity index (χ2v) is 8.14. The van der Waals surface area contributed by atoms with Crippen molar-refractivity contribution >= 4 is 41.5 Å². The molecule has 5 atom stereocenters. The number of guanidine groups is 1. The highest BCUT2D eigenvalue weighted by Gasteiger charge is 2.36. The summed E-state index contributed by atoms with van der Waals surface area (Å²) in [5, 5.41) is 16.7. The van der Waals surface area contributed by atoms with Crippen LogP contribution in [0.4, 0.5) is 4.79 Å². The Morgan fingerprint density at radius 3 is 2.16 bits per heavy atom. The molecule has 0 radical (unpaired) electrons. The topological polar surface area (TPSA) is 303 Å². The van der Waals surface area contributed by atoms with Crippen molar-refractivity contribution in [3.8, 4) is 0 Å². The maximum Gasteiger partial charge on any atom is 0.316 e. The van der Waals surface area contributed by atoms with Crippen molar-refractivity contribution in [2.45, 2.75) is 43.6 Å². The molecule has 1 fully saturated rings. The first-order chi connectivity index (χ1) is 17.5. The number of aliphatic imine (C=N–C) groups is 1. The van der Waals surface area contributed by atoms with Gasteiger partial charge in [0.1, 0.15) is 29.9 Å². The number of rotatable bonds is 4. The van der Waals surface area contributed by atoms with E-state index in [1.54, 1.807) is 0 Å². The van der Waals surface area contributed by atoms with E-state index in [1.807, 2.05) is 0 Å². The van der Waals surface area contributed by atoms with Crippen LogP contribution in [0, 0.1) is 0 Å². The molecule has 2 aliphatic heterocycles. The van der Waals surface area contributed by atoms with Crippen LogP contribution in [0.25, 0.3) is 0 Å². The lowest BCUT2D eigenvalue weighted by atomic mass is 10.0. The van der Waals surface area contributed by atoms with Gasteiger partial charge >= 0.3 is 6.03 Å². The Labute approximate surface area is 211 Å². The molecule has 1 unspecified atom stereocenters. The Kier molecular flexibility index (Phi) is 10.1. The van der Waals surface area contributed by atoms with Gasteiger partial charge in [-0.2, -0.15) is 0 Å². The minimum atomic E-state index is -1.36. The summed E-state index contributed by atoms with van der Waals surface area (Å²) in [4.78, 5) is 79.6. The number of carbonyl (C=O) groups is 6. The molecule has 0 aromatic heterocycles. The number of primary amides is 1. The van der Waals surface area contributed by atoms with Gasteiger partial charge in [-0.15, -0.1) is 0 Å². The van der Waals surface area contributed by atoms with E-state index >= 15 is 0 Å². The first-order valence-corrected chi connectivity index (χ1v) is 11.2. The molecular formula is C19H32N12O6. The molecule has 0 aliphatic carbocycles. The SMILES string of the molecule is C[C@@H]1NC(=O)[C@H](CN)NC(=O)[C@H](C2CCN=C(N)N2)NC(=O)/C(=C/NC(N)=O)NC(=O)[C@H](CN)NC1=O. The molecule has 2 aliphatic rings. The number of nitrogens with two attached hydrogens (primary N) is 4. The molecule has 0 bridgehead atoms. The van der Waals surface area contributed by atoms with Gasteiger partial charge in [-0.3, -0.25) is 29.0 Å². The van der Waals surface area contributed by atoms with Gasteiger partial charge < -0.3 is 60.2 Å². The summed E-state index contributed by atoms with van der Waals surface area (Å²) < 4.78 is 0. The zero-order valence-electron chi connectivity index (χ0n) is 20.0. The third-order valence-electron chi connectivity index (χ3n) is 5.38. The highest BCUT2D eigenvalue weighted by Crippen LogP contribution is 2.07. The van der Waals surface area contributed by atoms with Crippen LogP contribution < -0.4 is 60.2 Å². The van der Waals surface area contributed by atoms with Gasteiger partial charge in [-0.05, 0) is 13.3 Å². The molecule has 1 saturated heterocycles. The van der Waals surface area contributed by atoms with E-state index in [-0.39, 0.29) is 32.0 Å². The maximum absolute atomic E-state index is 13.2. The van der Waals surface area contributed by atoms with Crippen LogP contribution in [0.5, 0.6) is 0 Å². The second-order valence-electron chi connectivity index (χ2n) is 8.14. The Balaban J connectivity index is 2.51. The predicted octanol–water partition coefficient (Wildman–Crippen LogP) is -6.82. The number of nitrogens with zero attached hydrogens (tertiary/aromatic N) is 1. The summed E-state index contributed by atoms with van der Waals surface area (Å²) in [6.45, 7) is 0.856. The van der Waals surface area contributed by atoms with Crippen LogP contribution in [0.2, 0.25) is 0 Å². The first kappa shape index (κ1) is 28.8. The number of hydrogen-bond donors (Lipinski definition) is 11. The molecule has 0 aromatic carbocycles. The van der Waals surface area contributed by atoms with E-state index in [2.05, 4.69) is 42.2 Å². The van der Waals surface area contributed by atoms with Crippen molar-refractivity contribution in [3.63, 3.8) is 0 Å². The molecule has 7 amide bonds. The zero-order valence-corrected chi connectivity index (χ0v) is 20.0. The summed E-state index contributed by atoms with van der Waals surface area (Å²) >= 11 is 0. The quantitative estimate of drug-likeness (QED) is 0.154. The fraction of sp³-hybridized carbons (Fsp3) is 0.526. The van der Waals surface area contributed by atoms with E-state index in [0.29, 0.717) is 0 Å². The molecule has 2 rings (SSSR count). The molecule has 0 spiro atoms. The van der Waals surface area contributed by atoms with Crippen LogP contribution in [-0.4, -0.2) is 91.4 Å². The number of urea groups is 1. The maximum atomic E-state index is 13.2. The van der Waals surface area contributed by atoms with Crippen molar-refractivity contribution in [1.29, 1.82) is 0 Å². The lowest BCUT2D eigenvalue weighted by Crippen LogP contribution is -2.64. The van der Waals surface area contributed by atoms with Gasteiger partial charge in [-0.25, -0.2) is 4.79 Å². The highest BCUT2D eigenvalue weighted by molar-refractivity contribution is 6.03. The average molecular weight is 525 g/mol.